The number of hydrogen-bond donors (Lipinski definition) is 4. The summed E-state index contributed by atoms with van der Waals surface area (Å²) in [5.74, 6) is 0.116. The van der Waals surface area contributed by atoms with Crippen molar-refractivity contribution in [2.45, 2.75) is 38.4 Å². The van der Waals surface area contributed by atoms with E-state index >= 15 is 0 Å². The Morgan fingerprint density at radius 3 is 2.53 bits per heavy atom. The highest BCUT2D eigenvalue weighted by atomic mass is 16.6. The van der Waals surface area contributed by atoms with Gasteiger partial charge in [0.25, 0.3) is 0 Å². The van der Waals surface area contributed by atoms with E-state index in [9.17, 15) is 15.0 Å². The number of rotatable bonds is 2. The molecule has 1 aromatic heterocycles. The number of ether oxygens (including phenoxy) is 1. The van der Waals surface area contributed by atoms with Crippen LogP contribution in [-0.2, 0) is 4.74 Å². The van der Waals surface area contributed by atoms with Crippen molar-refractivity contribution in [2.75, 3.05) is 12.3 Å². The minimum Gasteiger partial charge on any atom is -0.394 e. The van der Waals surface area contributed by atoms with E-state index in [0.717, 1.165) is 4.57 Å². The van der Waals surface area contributed by atoms with Gasteiger partial charge in [0, 0.05) is 11.3 Å². The number of hydrogen-bond acceptors (Lipinski definition) is 7. The zero-order valence-corrected chi connectivity index (χ0v) is 10.6. The van der Waals surface area contributed by atoms with Crippen LogP contribution >= 0.6 is 0 Å². The van der Waals surface area contributed by atoms with Crippen LogP contribution in [-0.4, -0.2) is 49.8 Å². The van der Waals surface area contributed by atoms with Crippen LogP contribution in [0.1, 0.15) is 17.5 Å². The second kappa shape index (κ2) is 4.89. The van der Waals surface area contributed by atoms with Crippen LogP contribution in [0.3, 0.4) is 0 Å². The first-order valence-electron chi connectivity index (χ1n) is 5.86. The summed E-state index contributed by atoms with van der Waals surface area (Å²) in [6.45, 7) is 2.88. The third-order valence-corrected chi connectivity index (χ3v) is 3.48. The van der Waals surface area contributed by atoms with Gasteiger partial charge in [0.15, 0.2) is 6.23 Å². The zero-order chi connectivity index (χ0) is 14.3. The van der Waals surface area contributed by atoms with E-state index in [4.69, 9.17) is 15.6 Å². The van der Waals surface area contributed by atoms with E-state index in [1.54, 1.807) is 13.8 Å². The Hall–Kier alpha value is -1.48. The lowest BCUT2D eigenvalue weighted by atomic mass is 10.1. The second-order valence-corrected chi connectivity index (χ2v) is 4.59. The molecule has 0 aliphatic carbocycles. The average Bonchev–Trinajstić information content (AvgIpc) is 2.64. The van der Waals surface area contributed by atoms with E-state index in [0.29, 0.717) is 11.3 Å². The molecule has 1 aliphatic rings. The molecule has 19 heavy (non-hydrogen) atoms. The van der Waals surface area contributed by atoms with Gasteiger partial charge in [-0.3, -0.25) is 4.57 Å². The molecule has 0 saturated carbocycles. The Kier molecular flexibility index (Phi) is 3.59. The molecule has 0 amide bonds. The normalized spacial score (nSPS) is 30.8. The molecule has 5 N–H and O–H groups in total. The van der Waals surface area contributed by atoms with Gasteiger partial charge < -0.3 is 25.8 Å². The van der Waals surface area contributed by atoms with Gasteiger partial charge in [-0.15, -0.1) is 0 Å². The van der Waals surface area contributed by atoms with Gasteiger partial charge in [0.1, 0.15) is 24.1 Å². The van der Waals surface area contributed by atoms with Crippen LogP contribution in [0.2, 0.25) is 0 Å². The van der Waals surface area contributed by atoms with Crippen molar-refractivity contribution in [1.29, 1.82) is 0 Å². The van der Waals surface area contributed by atoms with Gasteiger partial charge in [0.05, 0.1) is 6.61 Å². The van der Waals surface area contributed by atoms with Crippen molar-refractivity contribution in [3.63, 3.8) is 0 Å². The first-order chi connectivity index (χ1) is 8.88. The molecule has 1 aromatic rings. The Morgan fingerprint density at radius 2 is 2.00 bits per heavy atom. The highest BCUT2D eigenvalue weighted by Gasteiger charge is 2.44. The number of anilines is 1. The first-order valence-corrected chi connectivity index (χ1v) is 5.86. The van der Waals surface area contributed by atoms with Gasteiger partial charge in [-0.05, 0) is 13.8 Å². The van der Waals surface area contributed by atoms with Crippen molar-refractivity contribution in [1.82, 2.24) is 9.55 Å². The molecule has 0 bridgehead atoms. The van der Waals surface area contributed by atoms with E-state index < -0.39 is 36.8 Å². The molecule has 2 heterocycles. The molecule has 1 fully saturated rings. The van der Waals surface area contributed by atoms with Crippen LogP contribution in [0.15, 0.2) is 4.79 Å². The summed E-state index contributed by atoms with van der Waals surface area (Å²) in [7, 11) is 0. The van der Waals surface area contributed by atoms with E-state index in [1.165, 1.54) is 0 Å². The molecule has 8 heteroatoms. The minimum atomic E-state index is -1.32. The lowest BCUT2D eigenvalue weighted by Gasteiger charge is -2.21. The summed E-state index contributed by atoms with van der Waals surface area (Å²) in [6.07, 6.45) is -4.62. The van der Waals surface area contributed by atoms with Crippen LogP contribution in [0.25, 0.3) is 0 Å². The number of nitrogen functional groups attached to an aromatic ring is 1. The van der Waals surface area contributed by atoms with Gasteiger partial charge >= 0.3 is 5.69 Å². The van der Waals surface area contributed by atoms with Gasteiger partial charge in [-0.1, -0.05) is 0 Å². The number of aliphatic hydroxyl groups is 3. The lowest BCUT2D eigenvalue weighted by molar-refractivity contribution is -0.0559. The van der Waals surface area contributed by atoms with E-state index in [1.807, 2.05) is 0 Å². The predicted octanol–water partition coefficient (Wildman–Crippen LogP) is -1.95. The molecular weight excluding hydrogens is 254 g/mol. The van der Waals surface area contributed by atoms with Crippen LogP contribution in [0.5, 0.6) is 0 Å². The molecule has 1 aliphatic heterocycles. The van der Waals surface area contributed by atoms with Gasteiger partial charge in [-0.25, -0.2) is 4.79 Å². The summed E-state index contributed by atoms with van der Waals surface area (Å²) < 4.78 is 6.44. The zero-order valence-electron chi connectivity index (χ0n) is 10.6. The Balaban J connectivity index is 2.49. The summed E-state index contributed by atoms with van der Waals surface area (Å²) in [4.78, 5) is 15.5. The highest BCUT2D eigenvalue weighted by molar-refractivity contribution is 5.40. The van der Waals surface area contributed by atoms with E-state index in [-0.39, 0.29) is 5.82 Å². The standard InChI is InChI=1S/C11H17N3O5/c1-4-5(2)14(11(18)13-9(4)12)10-8(17)7(16)6(3-15)19-10/h6-8,10,15-17H,3H2,1-2H3,(H2,12,13,18)/t6-,7?,8?,10-/m1/s1. The number of aromatic nitrogens is 2. The summed E-state index contributed by atoms with van der Waals surface area (Å²) >= 11 is 0. The quantitative estimate of drug-likeness (QED) is 0.492. The third kappa shape index (κ3) is 2.12. The molecule has 2 rings (SSSR count). The summed E-state index contributed by atoms with van der Waals surface area (Å²) in [5.41, 5.74) is 6.00. The molecular formula is C11H17N3O5. The fourth-order valence-corrected chi connectivity index (χ4v) is 2.14. The van der Waals surface area contributed by atoms with Crippen molar-refractivity contribution in [3.05, 3.63) is 21.7 Å². The maximum Gasteiger partial charge on any atom is 0.351 e. The lowest BCUT2D eigenvalue weighted by Crippen LogP contribution is -2.37. The predicted molar refractivity (Wildman–Crippen MR) is 65.4 cm³/mol. The minimum absolute atomic E-state index is 0.116. The van der Waals surface area contributed by atoms with Crippen LogP contribution in [0, 0.1) is 13.8 Å². The average molecular weight is 271 g/mol. The highest BCUT2D eigenvalue weighted by Crippen LogP contribution is 2.29. The van der Waals surface area contributed by atoms with Crippen LogP contribution < -0.4 is 11.4 Å². The molecule has 1 saturated heterocycles. The molecule has 2 unspecified atom stereocenters. The van der Waals surface area contributed by atoms with E-state index in [2.05, 4.69) is 4.98 Å². The summed E-state index contributed by atoms with van der Waals surface area (Å²) in [5, 5.41) is 28.7. The van der Waals surface area contributed by atoms with Crippen LogP contribution in [0.4, 0.5) is 5.82 Å². The largest absolute Gasteiger partial charge is 0.394 e. The van der Waals surface area contributed by atoms with Gasteiger partial charge in [0.2, 0.25) is 0 Å². The molecule has 106 valence electrons. The molecule has 0 spiro atoms. The Morgan fingerprint density at radius 1 is 1.37 bits per heavy atom. The summed E-state index contributed by atoms with van der Waals surface area (Å²) in [6, 6.07) is 0. The monoisotopic (exact) mass is 271 g/mol. The topological polar surface area (TPSA) is 131 Å². The second-order valence-electron chi connectivity index (χ2n) is 4.59. The smallest absolute Gasteiger partial charge is 0.351 e. The fourth-order valence-electron chi connectivity index (χ4n) is 2.14. The maximum atomic E-state index is 11.9. The number of aliphatic hydroxyl groups excluding tert-OH is 3. The third-order valence-electron chi connectivity index (χ3n) is 3.48. The maximum absolute atomic E-state index is 11.9. The Labute approximate surface area is 109 Å². The number of nitrogens with two attached hydrogens (primary N) is 1. The number of nitrogens with zero attached hydrogens (tertiary/aromatic N) is 2. The van der Waals surface area contributed by atoms with Crippen molar-refractivity contribution >= 4 is 5.82 Å². The molecule has 0 radical (unpaired) electrons. The molecule has 4 atom stereocenters. The van der Waals surface area contributed by atoms with Gasteiger partial charge in [-0.2, -0.15) is 4.98 Å². The van der Waals surface area contributed by atoms with Crippen molar-refractivity contribution in [2.24, 2.45) is 0 Å². The molecule has 8 nitrogen and oxygen atoms in total. The first kappa shape index (κ1) is 13.9. The Bertz CT molecular complexity index is 544. The SMILES string of the molecule is Cc1c(N)nc(=O)n([C@@H]2O[C@H](CO)C(O)C2O)c1C. The van der Waals surface area contributed by atoms with Crippen molar-refractivity contribution in [3.8, 4) is 0 Å². The molecule has 0 aromatic carbocycles. The fraction of sp³-hybridized carbons (Fsp3) is 0.636. The van der Waals surface area contributed by atoms with Crippen molar-refractivity contribution < 1.29 is 20.1 Å².